The number of nitrogens with zero attached hydrogens (tertiary/aromatic N) is 2. The van der Waals surface area contributed by atoms with Crippen LogP contribution < -0.4 is 10.9 Å². The zero-order valence-corrected chi connectivity index (χ0v) is 18.9. The van der Waals surface area contributed by atoms with Gasteiger partial charge in [-0.15, -0.1) is 0 Å². The molecule has 0 aliphatic carbocycles. The Morgan fingerprint density at radius 2 is 1.74 bits per heavy atom. The van der Waals surface area contributed by atoms with Crippen LogP contribution in [0.1, 0.15) is 23.5 Å². The molecular weight excluding hydrogens is 440 g/mol. The van der Waals surface area contributed by atoms with E-state index in [1.165, 1.54) is 58.3 Å². The number of amides is 2. The highest BCUT2D eigenvalue weighted by molar-refractivity contribution is 6.07. The van der Waals surface area contributed by atoms with Crippen LogP contribution in [0.15, 0.2) is 71.3 Å². The fraction of sp³-hybridized carbons (Fsp3) is 0.192. The highest BCUT2D eigenvalue weighted by atomic mass is 19.1. The molecule has 1 atom stereocenters. The maximum absolute atomic E-state index is 14.8. The molecule has 2 amide bonds. The zero-order valence-electron chi connectivity index (χ0n) is 18.9. The first kappa shape index (κ1) is 23.1. The van der Waals surface area contributed by atoms with Gasteiger partial charge in [0.05, 0.1) is 0 Å². The minimum Gasteiger partial charge on any atom is -0.322 e. The third kappa shape index (κ3) is 4.52. The summed E-state index contributed by atoms with van der Waals surface area (Å²) < 4.78 is 29.5. The number of halogens is 2. The predicted octanol–water partition coefficient (Wildman–Crippen LogP) is 4.11. The highest BCUT2D eigenvalue weighted by Gasteiger charge is 2.31. The first-order valence-electron chi connectivity index (χ1n) is 10.7. The largest absolute Gasteiger partial charge is 0.322 e. The second-order valence-electron chi connectivity index (χ2n) is 8.37. The summed E-state index contributed by atoms with van der Waals surface area (Å²) in [5, 5.41) is 2.84. The standard InChI is InChI=1S/C26H23F2N3O3/c1-15-10-22(28)20(17-6-9-24(32)30(2)13-17)11-23(15)29-26(34)21-14-31(3)25(33)12-19(21)16-4-7-18(27)8-5-16/h4-11,13-14,19H,12H2,1-3H3,(H,29,34)/t19-/m0/s1. The van der Waals surface area contributed by atoms with Crippen LogP contribution in [0.5, 0.6) is 0 Å². The Bertz CT molecular complexity index is 1380. The van der Waals surface area contributed by atoms with Crippen molar-refractivity contribution in [3.63, 3.8) is 0 Å². The number of benzene rings is 2. The van der Waals surface area contributed by atoms with Crippen LogP contribution in [0, 0.1) is 18.6 Å². The van der Waals surface area contributed by atoms with E-state index >= 15 is 0 Å². The van der Waals surface area contributed by atoms with Gasteiger partial charge in [0.2, 0.25) is 11.5 Å². The van der Waals surface area contributed by atoms with E-state index in [1.54, 1.807) is 33.2 Å². The zero-order chi connectivity index (χ0) is 24.6. The van der Waals surface area contributed by atoms with Crippen LogP contribution >= 0.6 is 0 Å². The molecule has 174 valence electrons. The number of aryl methyl sites for hydroxylation is 2. The Morgan fingerprint density at radius 3 is 2.41 bits per heavy atom. The average Bonchev–Trinajstić information content (AvgIpc) is 2.79. The van der Waals surface area contributed by atoms with Crippen molar-refractivity contribution in [3.8, 4) is 11.1 Å². The molecule has 2 heterocycles. The van der Waals surface area contributed by atoms with Crippen LogP contribution in [0.3, 0.4) is 0 Å². The highest BCUT2D eigenvalue weighted by Crippen LogP contribution is 2.34. The average molecular weight is 463 g/mol. The van der Waals surface area contributed by atoms with Crippen molar-refractivity contribution in [3.05, 3.63) is 99.6 Å². The summed E-state index contributed by atoms with van der Waals surface area (Å²) >= 11 is 0. The van der Waals surface area contributed by atoms with Crippen LogP contribution in [-0.2, 0) is 16.6 Å². The Labute approximate surface area is 195 Å². The van der Waals surface area contributed by atoms with Gasteiger partial charge >= 0.3 is 0 Å². The van der Waals surface area contributed by atoms with Crippen molar-refractivity contribution in [2.45, 2.75) is 19.3 Å². The van der Waals surface area contributed by atoms with E-state index < -0.39 is 23.5 Å². The molecule has 3 aromatic rings. The normalized spacial score (nSPS) is 15.8. The molecule has 4 rings (SSSR count). The van der Waals surface area contributed by atoms with Gasteiger partial charge in [-0.1, -0.05) is 12.1 Å². The number of anilines is 1. The van der Waals surface area contributed by atoms with Gasteiger partial charge in [0, 0.05) is 67.3 Å². The van der Waals surface area contributed by atoms with Gasteiger partial charge in [-0.3, -0.25) is 14.4 Å². The lowest BCUT2D eigenvalue weighted by Crippen LogP contribution is -2.33. The fourth-order valence-electron chi connectivity index (χ4n) is 3.98. The number of aromatic nitrogens is 1. The van der Waals surface area contributed by atoms with Crippen molar-refractivity contribution in [1.82, 2.24) is 9.47 Å². The summed E-state index contributed by atoms with van der Waals surface area (Å²) in [6.45, 7) is 1.67. The number of carbonyl (C=O) groups excluding carboxylic acids is 2. The fourth-order valence-corrected chi connectivity index (χ4v) is 3.98. The van der Waals surface area contributed by atoms with Gasteiger partial charge in [-0.25, -0.2) is 8.78 Å². The summed E-state index contributed by atoms with van der Waals surface area (Å²) in [7, 11) is 3.14. The lowest BCUT2D eigenvalue weighted by molar-refractivity contribution is -0.128. The van der Waals surface area contributed by atoms with Gasteiger partial charge in [-0.2, -0.15) is 0 Å². The lowest BCUT2D eigenvalue weighted by atomic mass is 9.85. The van der Waals surface area contributed by atoms with Crippen LogP contribution in [-0.4, -0.2) is 28.3 Å². The van der Waals surface area contributed by atoms with E-state index in [2.05, 4.69) is 5.32 Å². The molecule has 0 bridgehead atoms. The monoisotopic (exact) mass is 463 g/mol. The van der Waals surface area contributed by atoms with Gasteiger partial charge in [0.15, 0.2) is 0 Å². The first-order chi connectivity index (χ1) is 16.1. The van der Waals surface area contributed by atoms with Crippen LogP contribution in [0.4, 0.5) is 14.5 Å². The molecule has 1 aliphatic heterocycles. The third-order valence-electron chi connectivity index (χ3n) is 5.97. The van der Waals surface area contributed by atoms with Crippen molar-refractivity contribution in [2.24, 2.45) is 7.05 Å². The summed E-state index contributed by atoms with van der Waals surface area (Å²) in [5.41, 5.74) is 2.39. The number of hydrogen-bond acceptors (Lipinski definition) is 3. The third-order valence-corrected chi connectivity index (χ3v) is 5.97. The number of hydrogen-bond donors (Lipinski definition) is 1. The smallest absolute Gasteiger partial charge is 0.253 e. The molecule has 0 unspecified atom stereocenters. The van der Waals surface area contributed by atoms with E-state index in [4.69, 9.17) is 0 Å². The Morgan fingerprint density at radius 1 is 1.03 bits per heavy atom. The van der Waals surface area contributed by atoms with Crippen molar-refractivity contribution < 1.29 is 18.4 Å². The predicted molar refractivity (Wildman–Crippen MR) is 125 cm³/mol. The minimum atomic E-state index is -0.548. The molecule has 1 aliphatic rings. The quantitative estimate of drug-likeness (QED) is 0.633. The second-order valence-corrected chi connectivity index (χ2v) is 8.37. The lowest BCUT2D eigenvalue weighted by Gasteiger charge is -2.28. The van der Waals surface area contributed by atoms with Crippen molar-refractivity contribution in [2.75, 3.05) is 12.4 Å². The summed E-state index contributed by atoms with van der Waals surface area (Å²) in [6.07, 6.45) is 3.06. The summed E-state index contributed by atoms with van der Waals surface area (Å²) in [4.78, 5) is 38.7. The molecule has 1 aromatic heterocycles. The maximum Gasteiger partial charge on any atom is 0.253 e. The molecule has 2 aromatic carbocycles. The number of pyridine rings is 1. The van der Waals surface area contributed by atoms with E-state index in [9.17, 15) is 23.2 Å². The van der Waals surface area contributed by atoms with E-state index in [0.29, 0.717) is 28.0 Å². The number of rotatable bonds is 4. The molecule has 8 heteroatoms. The van der Waals surface area contributed by atoms with Gasteiger partial charge in [0.1, 0.15) is 11.6 Å². The van der Waals surface area contributed by atoms with Crippen molar-refractivity contribution >= 4 is 17.5 Å². The Hall–Kier alpha value is -4.07. The number of nitrogens with one attached hydrogen (secondary N) is 1. The Balaban J connectivity index is 1.69. The van der Waals surface area contributed by atoms with Gasteiger partial charge in [-0.05, 0) is 48.4 Å². The van der Waals surface area contributed by atoms with E-state index in [1.807, 2.05) is 0 Å². The molecular formula is C26H23F2N3O3. The van der Waals surface area contributed by atoms with Gasteiger partial charge in [0.25, 0.3) is 5.91 Å². The van der Waals surface area contributed by atoms with Crippen LogP contribution in [0.25, 0.3) is 11.1 Å². The second kappa shape index (κ2) is 9.05. The maximum atomic E-state index is 14.8. The number of carbonyl (C=O) groups is 2. The molecule has 0 fully saturated rings. The van der Waals surface area contributed by atoms with Crippen LogP contribution in [0.2, 0.25) is 0 Å². The summed E-state index contributed by atoms with van der Waals surface area (Å²) in [5.74, 6) is -2.06. The SMILES string of the molecule is Cc1cc(F)c(-c2ccc(=O)n(C)c2)cc1NC(=O)C1=CN(C)C(=O)C[C@H]1c1ccc(F)cc1. The topological polar surface area (TPSA) is 71.4 Å². The van der Waals surface area contributed by atoms with E-state index in [0.717, 1.165) is 0 Å². The molecule has 6 nitrogen and oxygen atoms in total. The molecule has 0 saturated heterocycles. The Kier molecular flexibility index (Phi) is 6.15. The molecule has 0 spiro atoms. The molecule has 0 radical (unpaired) electrons. The van der Waals surface area contributed by atoms with E-state index in [-0.39, 0.29) is 23.5 Å². The van der Waals surface area contributed by atoms with Gasteiger partial charge < -0.3 is 14.8 Å². The molecule has 34 heavy (non-hydrogen) atoms. The molecule has 1 N–H and O–H groups in total. The summed E-state index contributed by atoms with van der Waals surface area (Å²) in [6, 6.07) is 11.4. The molecule has 0 saturated carbocycles. The minimum absolute atomic E-state index is 0.0626. The first-order valence-corrected chi connectivity index (χ1v) is 10.7. The van der Waals surface area contributed by atoms with Crippen molar-refractivity contribution in [1.29, 1.82) is 0 Å².